The molecule has 8 nitrogen and oxygen atoms in total. The quantitative estimate of drug-likeness (QED) is 0.615. The van der Waals surface area contributed by atoms with Gasteiger partial charge in [-0.1, -0.05) is 18.2 Å². The standard InChI is InChI=1S/C25H33N5O3/c1-2-33-25(32)21-8-9-23(26-17-21)29-14-12-28(13-15-29)19-24(31)27-16-20-10-11-30(18-20)22-6-4-3-5-7-22/h3-9,17,20H,2,10-16,18-19H2,1H3,(H,27,31). The van der Waals surface area contributed by atoms with Crippen LogP contribution in [-0.4, -0.2) is 80.7 Å². The zero-order chi connectivity index (χ0) is 23.0. The first-order valence-corrected chi connectivity index (χ1v) is 11.8. The van der Waals surface area contributed by atoms with Crippen molar-refractivity contribution in [3.63, 3.8) is 0 Å². The molecule has 1 atom stereocenters. The van der Waals surface area contributed by atoms with Crippen LogP contribution in [0.15, 0.2) is 48.7 Å². The van der Waals surface area contributed by atoms with Gasteiger partial charge in [0.15, 0.2) is 0 Å². The second kappa shape index (κ2) is 11.1. The van der Waals surface area contributed by atoms with Gasteiger partial charge in [0, 0.05) is 57.7 Å². The molecule has 0 bridgehead atoms. The molecule has 1 amide bonds. The number of carbonyl (C=O) groups excluding carboxylic acids is 2. The Morgan fingerprint density at radius 3 is 2.52 bits per heavy atom. The third kappa shape index (κ3) is 6.22. The Balaban J connectivity index is 1.16. The van der Waals surface area contributed by atoms with Crippen molar-refractivity contribution in [2.45, 2.75) is 13.3 Å². The molecule has 2 aliphatic rings. The molecular formula is C25H33N5O3. The van der Waals surface area contributed by atoms with E-state index < -0.39 is 0 Å². The van der Waals surface area contributed by atoms with Crippen molar-refractivity contribution in [1.29, 1.82) is 0 Å². The summed E-state index contributed by atoms with van der Waals surface area (Å²) >= 11 is 0. The molecule has 2 fully saturated rings. The average Bonchev–Trinajstić information content (AvgIpc) is 3.33. The number of esters is 1. The summed E-state index contributed by atoms with van der Waals surface area (Å²) in [6.07, 6.45) is 2.67. The molecule has 2 saturated heterocycles. The van der Waals surface area contributed by atoms with Gasteiger partial charge in [0.05, 0.1) is 18.7 Å². The van der Waals surface area contributed by atoms with E-state index in [1.54, 1.807) is 19.2 Å². The van der Waals surface area contributed by atoms with E-state index in [2.05, 4.69) is 49.3 Å². The van der Waals surface area contributed by atoms with Crippen molar-refractivity contribution in [3.8, 4) is 0 Å². The summed E-state index contributed by atoms with van der Waals surface area (Å²) in [7, 11) is 0. The van der Waals surface area contributed by atoms with Crippen LogP contribution in [0.4, 0.5) is 11.5 Å². The fourth-order valence-electron chi connectivity index (χ4n) is 4.43. The number of benzene rings is 1. The fourth-order valence-corrected chi connectivity index (χ4v) is 4.43. The molecule has 33 heavy (non-hydrogen) atoms. The van der Waals surface area contributed by atoms with E-state index in [0.717, 1.165) is 58.1 Å². The number of carbonyl (C=O) groups is 2. The average molecular weight is 452 g/mol. The zero-order valence-electron chi connectivity index (χ0n) is 19.3. The molecule has 0 aliphatic carbocycles. The predicted octanol–water partition coefficient (Wildman–Crippen LogP) is 2.02. The van der Waals surface area contributed by atoms with Crippen LogP contribution in [0.25, 0.3) is 0 Å². The van der Waals surface area contributed by atoms with Gasteiger partial charge in [-0.25, -0.2) is 9.78 Å². The number of para-hydroxylation sites is 1. The number of nitrogens with zero attached hydrogens (tertiary/aromatic N) is 4. The Hall–Kier alpha value is -3.13. The summed E-state index contributed by atoms with van der Waals surface area (Å²) in [6.45, 7) is 8.54. The molecule has 0 spiro atoms. The number of piperazine rings is 1. The highest BCUT2D eigenvalue weighted by Gasteiger charge is 2.24. The maximum absolute atomic E-state index is 12.5. The van der Waals surface area contributed by atoms with Crippen LogP contribution in [0, 0.1) is 5.92 Å². The van der Waals surface area contributed by atoms with Gasteiger partial charge in [0.2, 0.25) is 5.91 Å². The molecule has 176 valence electrons. The van der Waals surface area contributed by atoms with Gasteiger partial charge in [0.1, 0.15) is 5.82 Å². The van der Waals surface area contributed by atoms with E-state index in [9.17, 15) is 9.59 Å². The Morgan fingerprint density at radius 1 is 1.03 bits per heavy atom. The summed E-state index contributed by atoms with van der Waals surface area (Å²) in [6, 6.07) is 14.1. The molecule has 0 saturated carbocycles. The van der Waals surface area contributed by atoms with Crippen LogP contribution in [-0.2, 0) is 9.53 Å². The molecule has 1 aromatic heterocycles. The second-order valence-electron chi connectivity index (χ2n) is 8.63. The zero-order valence-corrected chi connectivity index (χ0v) is 19.3. The van der Waals surface area contributed by atoms with E-state index in [-0.39, 0.29) is 11.9 Å². The predicted molar refractivity (Wildman–Crippen MR) is 129 cm³/mol. The van der Waals surface area contributed by atoms with Crippen molar-refractivity contribution in [2.24, 2.45) is 5.92 Å². The summed E-state index contributed by atoms with van der Waals surface area (Å²) in [4.78, 5) is 35.4. The van der Waals surface area contributed by atoms with Gasteiger partial charge in [-0.15, -0.1) is 0 Å². The Morgan fingerprint density at radius 2 is 1.82 bits per heavy atom. The molecule has 0 radical (unpaired) electrons. The number of aromatic nitrogens is 1. The van der Waals surface area contributed by atoms with Crippen molar-refractivity contribution >= 4 is 23.4 Å². The van der Waals surface area contributed by atoms with Crippen LogP contribution in [0.3, 0.4) is 0 Å². The molecule has 4 rings (SSSR count). The van der Waals surface area contributed by atoms with Gasteiger partial charge in [0.25, 0.3) is 0 Å². The molecule has 3 heterocycles. The molecular weight excluding hydrogens is 418 g/mol. The van der Waals surface area contributed by atoms with E-state index in [0.29, 0.717) is 24.6 Å². The first kappa shape index (κ1) is 23.0. The maximum atomic E-state index is 12.5. The number of ether oxygens (including phenoxy) is 1. The van der Waals surface area contributed by atoms with Crippen LogP contribution in [0.1, 0.15) is 23.7 Å². The maximum Gasteiger partial charge on any atom is 0.339 e. The summed E-state index contributed by atoms with van der Waals surface area (Å²) in [5.74, 6) is 1.09. The lowest BCUT2D eigenvalue weighted by atomic mass is 10.1. The number of hydrogen-bond donors (Lipinski definition) is 1. The molecule has 1 unspecified atom stereocenters. The molecule has 8 heteroatoms. The normalized spacial score (nSPS) is 18.9. The highest BCUT2D eigenvalue weighted by Crippen LogP contribution is 2.23. The van der Waals surface area contributed by atoms with Gasteiger partial charge >= 0.3 is 5.97 Å². The smallest absolute Gasteiger partial charge is 0.339 e. The largest absolute Gasteiger partial charge is 0.462 e. The molecule has 2 aliphatic heterocycles. The third-order valence-corrected chi connectivity index (χ3v) is 6.32. The van der Waals surface area contributed by atoms with E-state index in [1.807, 2.05) is 12.1 Å². The first-order valence-electron chi connectivity index (χ1n) is 11.8. The van der Waals surface area contributed by atoms with Gasteiger partial charge in [-0.3, -0.25) is 9.69 Å². The number of hydrogen-bond acceptors (Lipinski definition) is 7. The SMILES string of the molecule is CCOC(=O)c1ccc(N2CCN(CC(=O)NCC3CCN(c4ccccc4)C3)CC2)nc1. The number of nitrogens with one attached hydrogen (secondary N) is 1. The van der Waals surface area contributed by atoms with Gasteiger partial charge in [-0.05, 0) is 43.5 Å². The van der Waals surface area contributed by atoms with E-state index >= 15 is 0 Å². The first-order chi connectivity index (χ1) is 16.1. The lowest BCUT2D eigenvalue weighted by Gasteiger charge is -2.35. The lowest BCUT2D eigenvalue weighted by Crippen LogP contribution is -2.50. The van der Waals surface area contributed by atoms with Crippen molar-refractivity contribution in [3.05, 3.63) is 54.2 Å². The van der Waals surface area contributed by atoms with Crippen molar-refractivity contribution < 1.29 is 14.3 Å². The number of pyridine rings is 1. The lowest BCUT2D eigenvalue weighted by molar-refractivity contribution is -0.122. The minimum Gasteiger partial charge on any atom is -0.462 e. The van der Waals surface area contributed by atoms with Gasteiger partial charge in [-0.2, -0.15) is 0 Å². The van der Waals surface area contributed by atoms with Crippen molar-refractivity contribution in [2.75, 3.05) is 68.8 Å². The summed E-state index contributed by atoms with van der Waals surface area (Å²) in [5.41, 5.74) is 1.72. The monoisotopic (exact) mass is 451 g/mol. The van der Waals surface area contributed by atoms with E-state index in [4.69, 9.17) is 4.74 Å². The Bertz CT molecular complexity index is 913. The number of amides is 1. The number of anilines is 2. The Labute approximate surface area is 195 Å². The highest BCUT2D eigenvalue weighted by molar-refractivity contribution is 5.89. The molecule has 1 aromatic carbocycles. The van der Waals surface area contributed by atoms with Crippen LogP contribution in [0.5, 0.6) is 0 Å². The number of rotatable bonds is 8. The second-order valence-corrected chi connectivity index (χ2v) is 8.63. The molecule has 1 N–H and O–H groups in total. The van der Waals surface area contributed by atoms with Gasteiger partial charge < -0.3 is 19.9 Å². The molecule has 2 aromatic rings. The van der Waals surface area contributed by atoms with Crippen LogP contribution < -0.4 is 15.1 Å². The third-order valence-electron chi connectivity index (χ3n) is 6.32. The minimum absolute atomic E-state index is 0.0959. The minimum atomic E-state index is -0.349. The van der Waals surface area contributed by atoms with E-state index in [1.165, 1.54) is 5.69 Å². The summed E-state index contributed by atoms with van der Waals surface area (Å²) < 4.78 is 5.00. The topological polar surface area (TPSA) is 78.0 Å². The van der Waals surface area contributed by atoms with Crippen LogP contribution >= 0.6 is 0 Å². The van der Waals surface area contributed by atoms with Crippen molar-refractivity contribution in [1.82, 2.24) is 15.2 Å². The summed E-state index contributed by atoms with van der Waals surface area (Å²) in [5, 5.41) is 3.14. The highest BCUT2D eigenvalue weighted by atomic mass is 16.5. The Kier molecular flexibility index (Phi) is 7.78. The fraction of sp³-hybridized carbons (Fsp3) is 0.480. The van der Waals surface area contributed by atoms with Crippen LogP contribution in [0.2, 0.25) is 0 Å².